The molecule has 0 unspecified atom stereocenters. The van der Waals surface area contributed by atoms with Crippen LogP contribution in [-0.2, 0) is 6.18 Å². The summed E-state index contributed by atoms with van der Waals surface area (Å²) in [6.07, 6.45) is 0.0978. The third kappa shape index (κ3) is 5.70. The number of amides is 1. The lowest BCUT2D eigenvalue weighted by Crippen LogP contribution is -2.39. The average Bonchev–Trinajstić information content (AvgIpc) is 3.33. The van der Waals surface area contributed by atoms with Crippen LogP contribution in [0.1, 0.15) is 41.6 Å². The summed E-state index contributed by atoms with van der Waals surface area (Å²) in [5.74, 6) is 0.176. The predicted octanol–water partition coefficient (Wildman–Crippen LogP) is 6.35. The lowest BCUT2D eigenvalue weighted by Gasteiger charge is -2.33. The van der Waals surface area contributed by atoms with Crippen LogP contribution in [0.3, 0.4) is 0 Å². The molecule has 10 heteroatoms. The Morgan fingerprint density at radius 1 is 1.09 bits per heavy atom. The second-order valence-corrected chi connectivity index (χ2v) is 8.82. The lowest BCUT2D eigenvalue weighted by atomic mass is 9.85. The summed E-state index contributed by atoms with van der Waals surface area (Å²) in [5, 5.41) is 9.77. The number of hydrogen-bond donors (Lipinski definition) is 2. The van der Waals surface area contributed by atoms with Gasteiger partial charge in [0.05, 0.1) is 22.3 Å². The molecule has 180 valence electrons. The first-order chi connectivity index (χ1) is 16.2. The summed E-state index contributed by atoms with van der Waals surface area (Å²) in [6.45, 7) is 0.675. The Labute approximate surface area is 199 Å². The topological polar surface area (TPSA) is 61.0 Å². The minimum absolute atomic E-state index is 0.0197. The number of anilines is 2. The van der Waals surface area contributed by atoms with Crippen LogP contribution in [0.2, 0.25) is 5.02 Å². The van der Waals surface area contributed by atoms with Gasteiger partial charge in [0.25, 0.3) is 5.91 Å². The third-order valence-corrected chi connectivity index (χ3v) is 6.41. The first kappa shape index (κ1) is 24.1. The van der Waals surface area contributed by atoms with Gasteiger partial charge < -0.3 is 10.2 Å². The average molecular weight is 495 g/mol. The maximum Gasteiger partial charge on any atom is 0.416 e. The zero-order valence-electron chi connectivity index (χ0n) is 18.1. The molecule has 0 aliphatic heterocycles. The van der Waals surface area contributed by atoms with Gasteiger partial charge in [-0.15, -0.1) is 0 Å². The van der Waals surface area contributed by atoms with E-state index in [9.17, 15) is 22.4 Å². The highest BCUT2D eigenvalue weighted by Gasteiger charge is 2.32. The van der Waals surface area contributed by atoms with E-state index in [1.807, 2.05) is 11.0 Å². The minimum Gasteiger partial charge on any atom is -0.349 e. The van der Waals surface area contributed by atoms with Crippen LogP contribution in [0.25, 0.3) is 0 Å². The number of nitrogens with one attached hydrogen (secondary N) is 2. The molecule has 0 saturated heterocycles. The molecule has 1 saturated carbocycles. The molecule has 1 aliphatic carbocycles. The van der Waals surface area contributed by atoms with Gasteiger partial charge in [-0.3, -0.25) is 9.89 Å². The number of H-pyrrole nitrogens is 1. The van der Waals surface area contributed by atoms with Gasteiger partial charge in [-0.1, -0.05) is 11.6 Å². The van der Waals surface area contributed by atoms with Crippen molar-refractivity contribution in [1.82, 2.24) is 15.5 Å². The SMILES string of the molecule is O=C(NC1CCC(CN(c2ccc(F)cc2)c2ccn[nH]2)CC1)c1cc(C(F)(F)F)ccc1Cl. The Kier molecular flexibility index (Phi) is 7.11. The summed E-state index contributed by atoms with van der Waals surface area (Å²) < 4.78 is 52.4. The molecular formula is C24H23ClF4N4O. The molecule has 0 radical (unpaired) electrons. The van der Waals surface area contributed by atoms with E-state index in [4.69, 9.17) is 11.6 Å². The van der Waals surface area contributed by atoms with Crippen molar-refractivity contribution in [1.29, 1.82) is 0 Å². The summed E-state index contributed by atoms with van der Waals surface area (Å²) in [7, 11) is 0. The van der Waals surface area contributed by atoms with Crippen molar-refractivity contribution in [2.75, 3.05) is 11.4 Å². The van der Waals surface area contributed by atoms with Gasteiger partial charge in [-0.05, 0) is 74.1 Å². The number of carbonyl (C=O) groups is 1. The van der Waals surface area contributed by atoms with E-state index in [2.05, 4.69) is 15.5 Å². The second-order valence-electron chi connectivity index (χ2n) is 8.41. The summed E-state index contributed by atoms with van der Waals surface area (Å²) in [4.78, 5) is 14.7. The van der Waals surface area contributed by atoms with E-state index < -0.39 is 17.6 Å². The first-order valence-corrected chi connectivity index (χ1v) is 11.3. The monoisotopic (exact) mass is 494 g/mol. The Balaban J connectivity index is 1.37. The quantitative estimate of drug-likeness (QED) is 0.393. The second kappa shape index (κ2) is 10.0. The van der Waals surface area contributed by atoms with Crippen LogP contribution >= 0.6 is 11.6 Å². The Morgan fingerprint density at radius 3 is 2.41 bits per heavy atom. The Bertz CT molecular complexity index is 1110. The molecule has 1 aromatic heterocycles. The molecule has 4 rings (SSSR count). The van der Waals surface area contributed by atoms with Crippen molar-refractivity contribution >= 4 is 29.0 Å². The van der Waals surface area contributed by atoms with Gasteiger partial charge in [0.15, 0.2) is 0 Å². The van der Waals surface area contributed by atoms with Crippen molar-refractivity contribution in [3.8, 4) is 0 Å². The molecule has 1 aliphatic rings. The van der Waals surface area contributed by atoms with E-state index in [0.29, 0.717) is 25.3 Å². The van der Waals surface area contributed by atoms with E-state index in [1.165, 1.54) is 12.1 Å². The van der Waals surface area contributed by atoms with Crippen molar-refractivity contribution in [2.45, 2.75) is 37.9 Å². The highest BCUT2D eigenvalue weighted by Crippen LogP contribution is 2.33. The summed E-state index contributed by atoms with van der Waals surface area (Å²) in [6, 6.07) is 10.7. The van der Waals surface area contributed by atoms with Crippen molar-refractivity contribution in [3.05, 3.63) is 76.7 Å². The van der Waals surface area contributed by atoms with Crippen molar-refractivity contribution in [3.63, 3.8) is 0 Å². The highest BCUT2D eigenvalue weighted by atomic mass is 35.5. The van der Waals surface area contributed by atoms with Crippen molar-refractivity contribution in [2.24, 2.45) is 5.92 Å². The van der Waals surface area contributed by atoms with Crippen LogP contribution < -0.4 is 10.2 Å². The minimum atomic E-state index is -4.55. The third-order valence-electron chi connectivity index (χ3n) is 6.08. The number of aromatic amines is 1. The number of benzene rings is 2. The van der Waals surface area contributed by atoms with Gasteiger partial charge in [0, 0.05) is 24.3 Å². The molecule has 5 nitrogen and oxygen atoms in total. The molecule has 0 spiro atoms. The van der Waals surface area contributed by atoms with Gasteiger partial charge >= 0.3 is 6.18 Å². The van der Waals surface area contributed by atoms with E-state index in [0.717, 1.165) is 42.5 Å². The fourth-order valence-electron chi connectivity index (χ4n) is 4.25. The zero-order chi connectivity index (χ0) is 24.3. The highest BCUT2D eigenvalue weighted by molar-refractivity contribution is 6.33. The van der Waals surface area contributed by atoms with E-state index in [1.54, 1.807) is 18.3 Å². The summed E-state index contributed by atoms with van der Waals surface area (Å²) >= 11 is 5.99. The smallest absolute Gasteiger partial charge is 0.349 e. The molecule has 1 amide bonds. The van der Waals surface area contributed by atoms with Crippen LogP contribution in [0, 0.1) is 11.7 Å². The van der Waals surface area contributed by atoms with Gasteiger partial charge in [-0.2, -0.15) is 18.3 Å². The number of hydrogen-bond acceptors (Lipinski definition) is 3. The standard InChI is InChI=1S/C24H23ClF4N4O/c25-21-10-3-16(24(27,28)29)13-20(21)23(34)31-18-6-1-15(2-7-18)14-33(22-11-12-30-32-22)19-8-4-17(26)5-9-19/h3-5,8-13,15,18H,1-2,6-7,14H2,(H,30,32)(H,31,34). The maximum atomic E-state index is 13.4. The maximum absolute atomic E-state index is 13.4. The number of carbonyl (C=O) groups excluding carboxylic acids is 1. The molecule has 2 aromatic carbocycles. The number of rotatable bonds is 6. The summed E-state index contributed by atoms with van der Waals surface area (Å²) in [5.41, 5.74) is -0.258. The van der Waals surface area contributed by atoms with Gasteiger partial charge in [0.2, 0.25) is 0 Å². The Hall–Kier alpha value is -3.07. The number of halogens is 5. The number of alkyl halides is 3. The van der Waals surface area contributed by atoms with Gasteiger partial charge in [0.1, 0.15) is 11.6 Å². The van der Waals surface area contributed by atoms with Crippen LogP contribution in [0.5, 0.6) is 0 Å². The molecule has 3 aromatic rings. The first-order valence-electron chi connectivity index (χ1n) is 10.9. The molecule has 0 atom stereocenters. The zero-order valence-corrected chi connectivity index (χ0v) is 18.8. The normalized spacial score (nSPS) is 18.5. The van der Waals surface area contributed by atoms with E-state index in [-0.39, 0.29) is 22.4 Å². The van der Waals surface area contributed by atoms with Crippen LogP contribution in [0.15, 0.2) is 54.7 Å². The Morgan fingerprint density at radius 2 is 1.79 bits per heavy atom. The molecule has 2 N–H and O–H groups in total. The van der Waals surface area contributed by atoms with Crippen LogP contribution in [-0.4, -0.2) is 28.7 Å². The molecular weight excluding hydrogens is 472 g/mol. The molecule has 1 heterocycles. The van der Waals surface area contributed by atoms with Crippen LogP contribution in [0.4, 0.5) is 29.1 Å². The molecule has 34 heavy (non-hydrogen) atoms. The fraction of sp³-hybridized carbons (Fsp3) is 0.333. The fourth-order valence-corrected chi connectivity index (χ4v) is 4.45. The largest absolute Gasteiger partial charge is 0.416 e. The van der Waals surface area contributed by atoms with Gasteiger partial charge in [-0.25, -0.2) is 4.39 Å². The molecule has 1 fully saturated rings. The lowest BCUT2D eigenvalue weighted by molar-refractivity contribution is -0.137. The van der Waals surface area contributed by atoms with Crippen molar-refractivity contribution < 1.29 is 22.4 Å². The number of aromatic nitrogens is 2. The number of nitrogens with zero attached hydrogens (tertiary/aromatic N) is 2. The molecule has 0 bridgehead atoms. The predicted molar refractivity (Wildman–Crippen MR) is 122 cm³/mol. The van der Waals surface area contributed by atoms with E-state index >= 15 is 0 Å².